The van der Waals surface area contributed by atoms with Gasteiger partial charge in [-0.2, -0.15) is 0 Å². The molecule has 0 aromatic heterocycles. The molecule has 3 atom stereocenters. The lowest BCUT2D eigenvalue weighted by molar-refractivity contribution is -0.148. The van der Waals surface area contributed by atoms with Gasteiger partial charge in [0.2, 0.25) is 11.6 Å². The van der Waals surface area contributed by atoms with Gasteiger partial charge in [0.05, 0.1) is 12.0 Å². The summed E-state index contributed by atoms with van der Waals surface area (Å²) < 4.78 is 5.41. The van der Waals surface area contributed by atoms with Crippen LogP contribution in [-0.2, 0) is 14.3 Å². The molecule has 13 heavy (non-hydrogen) atoms. The first-order valence-electron chi connectivity index (χ1n) is 4.62. The van der Waals surface area contributed by atoms with Crippen LogP contribution in [0.25, 0.3) is 0 Å². The molecule has 0 heterocycles. The first-order chi connectivity index (χ1) is 6.24. The zero-order chi connectivity index (χ0) is 9.42. The molecule has 1 saturated carbocycles. The Balaban J connectivity index is 2.21. The van der Waals surface area contributed by atoms with E-state index in [9.17, 15) is 9.59 Å². The molecule has 0 radical (unpaired) electrons. The third-order valence-electron chi connectivity index (χ3n) is 2.70. The van der Waals surface area contributed by atoms with E-state index in [-0.39, 0.29) is 29.5 Å². The second-order valence-corrected chi connectivity index (χ2v) is 3.48. The van der Waals surface area contributed by atoms with Crippen molar-refractivity contribution in [1.82, 2.24) is 0 Å². The molecule has 0 N–H and O–H groups in total. The first-order valence-corrected chi connectivity index (χ1v) is 4.62. The average Bonchev–Trinajstić information content (AvgIpc) is 2.14. The highest BCUT2D eigenvalue weighted by molar-refractivity contribution is 6.41. The molecule has 0 aromatic carbocycles. The lowest BCUT2D eigenvalue weighted by Gasteiger charge is -2.34. The number of allylic oxidation sites excluding steroid dienone is 1. The zero-order valence-electron chi connectivity index (χ0n) is 7.53. The first kappa shape index (κ1) is 8.63. The molecule has 0 spiro atoms. The summed E-state index contributed by atoms with van der Waals surface area (Å²) in [7, 11) is 0. The van der Waals surface area contributed by atoms with Crippen molar-refractivity contribution < 1.29 is 14.3 Å². The zero-order valence-corrected chi connectivity index (χ0v) is 7.53. The fourth-order valence-corrected chi connectivity index (χ4v) is 2.04. The number of hydrogen-bond acceptors (Lipinski definition) is 3. The Labute approximate surface area is 76.8 Å². The number of fused-ring (bicyclic) bond motifs is 2. The van der Waals surface area contributed by atoms with Gasteiger partial charge in [0.25, 0.3) is 0 Å². The van der Waals surface area contributed by atoms with Crippen LogP contribution in [0.3, 0.4) is 0 Å². The van der Waals surface area contributed by atoms with E-state index in [4.69, 9.17) is 4.74 Å². The smallest absolute Gasteiger partial charge is 0.208 e. The van der Waals surface area contributed by atoms with Crippen LogP contribution >= 0.6 is 0 Å². The molecule has 2 bridgehead atoms. The highest BCUT2D eigenvalue weighted by atomic mass is 16.5. The molecule has 3 aliphatic rings. The number of hydrogen-bond donors (Lipinski definition) is 0. The SMILES string of the molecule is CCO[C@H]1C[C@H]2C=C[C@@H]1C(=O)C2=O. The van der Waals surface area contributed by atoms with Crippen LogP contribution in [0.2, 0.25) is 0 Å². The maximum Gasteiger partial charge on any atom is 0.208 e. The van der Waals surface area contributed by atoms with Gasteiger partial charge in [0, 0.05) is 12.5 Å². The fourth-order valence-electron chi connectivity index (χ4n) is 2.04. The van der Waals surface area contributed by atoms with E-state index in [0.29, 0.717) is 13.0 Å². The van der Waals surface area contributed by atoms with Crippen molar-refractivity contribution in [3.63, 3.8) is 0 Å². The normalized spacial score (nSPS) is 37.2. The summed E-state index contributed by atoms with van der Waals surface area (Å²) in [4.78, 5) is 22.7. The molecular formula is C10H12O3. The van der Waals surface area contributed by atoms with Gasteiger partial charge in [-0.05, 0) is 13.3 Å². The van der Waals surface area contributed by atoms with Crippen LogP contribution in [0.15, 0.2) is 12.2 Å². The van der Waals surface area contributed by atoms with Crippen molar-refractivity contribution in [3.05, 3.63) is 12.2 Å². The van der Waals surface area contributed by atoms with E-state index in [2.05, 4.69) is 0 Å². The number of ether oxygens (including phenoxy) is 1. The van der Waals surface area contributed by atoms with Gasteiger partial charge in [-0.25, -0.2) is 0 Å². The van der Waals surface area contributed by atoms with Crippen molar-refractivity contribution in [2.24, 2.45) is 11.8 Å². The van der Waals surface area contributed by atoms with E-state index >= 15 is 0 Å². The minimum atomic E-state index is -0.308. The Morgan fingerprint density at radius 2 is 2.15 bits per heavy atom. The molecule has 3 nitrogen and oxygen atoms in total. The molecule has 0 aromatic rings. The summed E-state index contributed by atoms with van der Waals surface area (Å²) in [5.41, 5.74) is 0. The van der Waals surface area contributed by atoms with Crippen molar-refractivity contribution >= 4 is 11.6 Å². The Bertz CT molecular complexity index is 280. The molecule has 3 rings (SSSR count). The number of rotatable bonds is 2. The summed E-state index contributed by atoms with van der Waals surface area (Å²) >= 11 is 0. The van der Waals surface area contributed by atoms with Crippen LogP contribution in [0, 0.1) is 11.8 Å². The largest absolute Gasteiger partial charge is 0.377 e. The number of carbonyl (C=O) groups is 2. The lowest BCUT2D eigenvalue weighted by Crippen LogP contribution is -2.46. The predicted molar refractivity (Wildman–Crippen MR) is 46.2 cm³/mol. The third-order valence-corrected chi connectivity index (χ3v) is 2.70. The van der Waals surface area contributed by atoms with Gasteiger partial charge in [0.15, 0.2) is 0 Å². The average molecular weight is 180 g/mol. The van der Waals surface area contributed by atoms with E-state index < -0.39 is 0 Å². The van der Waals surface area contributed by atoms with Gasteiger partial charge in [-0.3, -0.25) is 9.59 Å². The Kier molecular flexibility index (Phi) is 2.04. The lowest BCUT2D eigenvalue weighted by atomic mass is 9.72. The Morgan fingerprint density at radius 1 is 1.38 bits per heavy atom. The molecule has 1 fully saturated rings. The molecule has 0 unspecified atom stereocenters. The van der Waals surface area contributed by atoms with Gasteiger partial charge in [-0.1, -0.05) is 12.2 Å². The van der Waals surface area contributed by atoms with Crippen molar-refractivity contribution in [2.45, 2.75) is 19.4 Å². The number of carbonyl (C=O) groups excluding carboxylic acids is 2. The monoisotopic (exact) mass is 180 g/mol. The molecule has 0 amide bonds. The van der Waals surface area contributed by atoms with Gasteiger partial charge >= 0.3 is 0 Å². The van der Waals surface area contributed by atoms with Crippen LogP contribution in [0.5, 0.6) is 0 Å². The second-order valence-electron chi connectivity index (χ2n) is 3.48. The maximum atomic E-state index is 11.4. The van der Waals surface area contributed by atoms with E-state index in [1.165, 1.54) is 0 Å². The summed E-state index contributed by atoms with van der Waals surface area (Å²) in [5, 5.41) is 0. The highest BCUT2D eigenvalue weighted by Crippen LogP contribution is 2.33. The molecular weight excluding hydrogens is 168 g/mol. The molecule has 0 aliphatic heterocycles. The summed E-state index contributed by atoms with van der Waals surface area (Å²) in [6.45, 7) is 2.50. The topological polar surface area (TPSA) is 43.4 Å². The molecule has 3 aliphatic carbocycles. The highest BCUT2D eigenvalue weighted by Gasteiger charge is 2.44. The maximum absolute atomic E-state index is 11.4. The van der Waals surface area contributed by atoms with Crippen LogP contribution in [0.1, 0.15) is 13.3 Å². The minimum absolute atomic E-state index is 0.0646. The number of Topliss-reactive ketones (excluding diaryl/α,β-unsaturated/α-hetero) is 2. The standard InChI is InChI=1S/C10H12O3/c1-2-13-8-5-6-3-4-7(8)10(12)9(6)11/h3-4,6-8H,2,5H2,1H3/t6-,7+,8+/m1/s1. The van der Waals surface area contributed by atoms with E-state index in [1.54, 1.807) is 0 Å². The Morgan fingerprint density at radius 3 is 2.77 bits per heavy atom. The van der Waals surface area contributed by atoms with Crippen molar-refractivity contribution in [1.29, 1.82) is 0 Å². The third kappa shape index (κ3) is 1.23. The van der Waals surface area contributed by atoms with Crippen LogP contribution in [-0.4, -0.2) is 24.3 Å². The quantitative estimate of drug-likeness (QED) is 0.465. The summed E-state index contributed by atoms with van der Waals surface area (Å²) in [5.74, 6) is -1.02. The molecule has 70 valence electrons. The van der Waals surface area contributed by atoms with Crippen LogP contribution < -0.4 is 0 Å². The number of ketones is 2. The minimum Gasteiger partial charge on any atom is -0.377 e. The second kappa shape index (κ2) is 3.07. The predicted octanol–water partition coefficient (Wildman–Crippen LogP) is 0.736. The summed E-state index contributed by atoms with van der Waals surface area (Å²) in [6, 6.07) is 0. The molecule has 0 saturated heterocycles. The van der Waals surface area contributed by atoms with Crippen LogP contribution in [0.4, 0.5) is 0 Å². The summed E-state index contributed by atoms with van der Waals surface area (Å²) in [6.07, 6.45) is 4.27. The van der Waals surface area contributed by atoms with Gasteiger partial charge in [0.1, 0.15) is 0 Å². The van der Waals surface area contributed by atoms with Crippen molar-refractivity contribution in [3.8, 4) is 0 Å². The van der Waals surface area contributed by atoms with Gasteiger partial charge in [-0.15, -0.1) is 0 Å². The fraction of sp³-hybridized carbons (Fsp3) is 0.600. The van der Waals surface area contributed by atoms with E-state index in [0.717, 1.165) is 0 Å². The van der Waals surface area contributed by atoms with Gasteiger partial charge < -0.3 is 4.74 Å². The van der Waals surface area contributed by atoms with Crippen molar-refractivity contribution in [2.75, 3.05) is 6.61 Å². The van der Waals surface area contributed by atoms with E-state index in [1.807, 2.05) is 19.1 Å². The Hall–Kier alpha value is -0.960. The molecule has 3 heteroatoms.